The Balaban J connectivity index is 1.99. The van der Waals surface area contributed by atoms with E-state index in [1.54, 1.807) is 7.05 Å². The summed E-state index contributed by atoms with van der Waals surface area (Å²) in [6.45, 7) is 0.859. The SMILES string of the molecule is Cn1c(O)c([C@H]2[NH2+]CCc3c2[nH]c2ccccc32)c(=O)[nH]c1=S. The molecule has 0 unspecified atom stereocenters. The van der Waals surface area contributed by atoms with Crippen molar-refractivity contribution >= 4 is 23.1 Å². The molecule has 7 heteroatoms. The quantitative estimate of drug-likeness (QED) is 0.499. The van der Waals surface area contributed by atoms with Crippen LogP contribution in [0.15, 0.2) is 29.1 Å². The van der Waals surface area contributed by atoms with Crippen molar-refractivity contribution in [2.24, 2.45) is 7.05 Å². The van der Waals surface area contributed by atoms with E-state index in [0.29, 0.717) is 5.56 Å². The highest BCUT2D eigenvalue weighted by Gasteiger charge is 2.33. The minimum absolute atomic E-state index is 0.0773. The smallest absolute Gasteiger partial charge is 0.265 e. The number of benzene rings is 1. The zero-order chi connectivity index (χ0) is 16.1. The molecular weight excluding hydrogens is 312 g/mol. The fourth-order valence-electron chi connectivity index (χ4n) is 3.44. The molecule has 23 heavy (non-hydrogen) atoms. The van der Waals surface area contributed by atoms with Gasteiger partial charge in [-0.2, -0.15) is 0 Å². The van der Waals surface area contributed by atoms with Gasteiger partial charge in [0.1, 0.15) is 5.56 Å². The van der Waals surface area contributed by atoms with Crippen molar-refractivity contribution in [3.05, 3.63) is 56.2 Å². The van der Waals surface area contributed by atoms with Crippen LogP contribution in [-0.4, -0.2) is 26.2 Å². The van der Waals surface area contributed by atoms with Crippen molar-refractivity contribution in [2.75, 3.05) is 6.54 Å². The number of aromatic nitrogens is 3. The average Bonchev–Trinajstić information content (AvgIpc) is 2.92. The van der Waals surface area contributed by atoms with E-state index in [4.69, 9.17) is 12.2 Å². The molecule has 0 aliphatic carbocycles. The van der Waals surface area contributed by atoms with Crippen LogP contribution in [0, 0.1) is 4.77 Å². The third kappa shape index (κ3) is 2.04. The maximum atomic E-state index is 12.4. The molecule has 0 saturated carbocycles. The van der Waals surface area contributed by atoms with Gasteiger partial charge in [-0.05, 0) is 23.8 Å². The molecule has 3 aromatic rings. The first-order chi connectivity index (χ1) is 11.1. The number of H-pyrrole nitrogens is 2. The molecule has 1 aliphatic rings. The molecule has 6 nitrogen and oxygen atoms in total. The number of nitrogens with zero attached hydrogens (tertiary/aromatic N) is 1. The zero-order valence-electron chi connectivity index (χ0n) is 12.6. The topological polar surface area (TPSA) is 90.4 Å². The van der Waals surface area contributed by atoms with Crippen molar-refractivity contribution in [1.29, 1.82) is 0 Å². The number of rotatable bonds is 1. The summed E-state index contributed by atoms with van der Waals surface area (Å²) in [6.07, 6.45) is 0.930. The van der Waals surface area contributed by atoms with Gasteiger partial charge in [-0.15, -0.1) is 0 Å². The van der Waals surface area contributed by atoms with Gasteiger partial charge in [-0.3, -0.25) is 14.3 Å². The number of fused-ring (bicyclic) bond motifs is 3. The van der Waals surface area contributed by atoms with Gasteiger partial charge in [0.05, 0.1) is 12.2 Å². The van der Waals surface area contributed by atoms with Crippen LogP contribution in [0.5, 0.6) is 5.88 Å². The predicted molar refractivity (Wildman–Crippen MR) is 89.2 cm³/mol. The van der Waals surface area contributed by atoms with Gasteiger partial charge in [0.25, 0.3) is 5.56 Å². The largest absolute Gasteiger partial charge is 0.494 e. The maximum absolute atomic E-state index is 12.4. The van der Waals surface area contributed by atoms with E-state index in [1.165, 1.54) is 15.5 Å². The number of para-hydroxylation sites is 1. The third-order valence-electron chi connectivity index (χ3n) is 4.59. The second kappa shape index (κ2) is 5.07. The van der Waals surface area contributed by atoms with Gasteiger partial charge in [0, 0.05) is 24.4 Å². The average molecular weight is 329 g/mol. The van der Waals surface area contributed by atoms with Crippen LogP contribution in [0.2, 0.25) is 0 Å². The summed E-state index contributed by atoms with van der Waals surface area (Å²) in [7, 11) is 1.64. The first kappa shape index (κ1) is 14.2. The Morgan fingerprint density at radius 1 is 1.35 bits per heavy atom. The van der Waals surface area contributed by atoms with Crippen molar-refractivity contribution in [3.63, 3.8) is 0 Å². The molecule has 1 aromatic carbocycles. The van der Waals surface area contributed by atoms with Gasteiger partial charge in [-0.25, -0.2) is 0 Å². The first-order valence-electron chi connectivity index (χ1n) is 7.53. The molecule has 1 aliphatic heterocycles. The lowest BCUT2D eigenvalue weighted by molar-refractivity contribution is -0.690. The molecule has 2 aromatic heterocycles. The summed E-state index contributed by atoms with van der Waals surface area (Å²) < 4.78 is 1.64. The van der Waals surface area contributed by atoms with Gasteiger partial charge in [0.15, 0.2) is 10.8 Å². The van der Waals surface area contributed by atoms with E-state index in [9.17, 15) is 9.90 Å². The Labute approximate surface area is 136 Å². The number of aromatic hydroxyl groups is 1. The molecule has 0 bridgehead atoms. The van der Waals surface area contributed by atoms with E-state index < -0.39 is 0 Å². The summed E-state index contributed by atoms with van der Waals surface area (Å²) in [5, 5.41) is 13.7. The van der Waals surface area contributed by atoms with Crippen LogP contribution < -0.4 is 10.9 Å². The molecule has 5 N–H and O–H groups in total. The molecule has 0 radical (unpaired) electrons. The van der Waals surface area contributed by atoms with Crippen molar-refractivity contribution in [1.82, 2.24) is 14.5 Å². The monoisotopic (exact) mass is 329 g/mol. The lowest BCUT2D eigenvalue weighted by atomic mass is 9.95. The van der Waals surface area contributed by atoms with Crippen LogP contribution in [0.3, 0.4) is 0 Å². The molecule has 0 fully saturated rings. The fourth-order valence-corrected chi connectivity index (χ4v) is 3.62. The molecule has 4 rings (SSSR count). The fraction of sp³-hybridized carbons (Fsp3) is 0.250. The van der Waals surface area contributed by atoms with E-state index in [-0.39, 0.29) is 22.3 Å². The first-order valence-corrected chi connectivity index (χ1v) is 7.93. The summed E-state index contributed by atoms with van der Waals surface area (Å²) >= 11 is 5.05. The Bertz CT molecular complexity index is 1030. The number of hydrogen-bond acceptors (Lipinski definition) is 3. The second-order valence-corrected chi connectivity index (χ2v) is 6.26. The predicted octanol–water partition coefficient (Wildman–Crippen LogP) is 0.839. The van der Waals surface area contributed by atoms with Crippen molar-refractivity contribution in [3.8, 4) is 5.88 Å². The minimum Gasteiger partial charge on any atom is -0.494 e. The van der Waals surface area contributed by atoms with Crippen molar-refractivity contribution < 1.29 is 10.4 Å². The number of quaternary nitrogens is 1. The van der Waals surface area contributed by atoms with E-state index >= 15 is 0 Å². The van der Waals surface area contributed by atoms with Gasteiger partial charge in [-0.1, -0.05) is 18.2 Å². The molecule has 0 amide bonds. The maximum Gasteiger partial charge on any atom is 0.265 e. The Kier molecular flexibility index (Phi) is 3.14. The lowest BCUT2D eigenvalue weighted by Gasteiger charge is -2.22. The van der Waals surface area contributed by atoms with Crippen LogP contribution in [0.25, 0.3) is 10.9 Å². The van der Waals surface area contributed by atoms with Gasteiger partial charge in [0.2, 0.25) is 5.88 Å². The Hall–Kier alpha value is -2.38. The molecule has 1 atom stereocenters. The van der Waals surface area contributed by atoms with E-state index in [1.807, 2.05) is 18.2 Å². The zero-order valence-corrected chi connectivity index (χ0v) is 13.4. The normalized spacial score (nSPS) is 17.3. The van der Waals surface area contributed by atoms with Crippen molar-refractivity contribution in [2.45, 2.75) is 12.5 Å². The highest BCUT2D eigenvalue weighted by atomic mass is 32.1. The summed E-state index contributed by atoms with van der Waals surface area (Å²) in [4.78, 5) is 18.5. The standard InChI is InChI=1S/C16H16N4O2S/c1-20-15(22)11(14(21)19-16(20)23)13-12-9(6-7-17-13)8-4-2-3-5-10(8)18-12/h2-5,13,17-18,22H,6-7H2,1H3,(H,19,21,23)/p+1/t13-/m1/s1. The summed E-state index contributed by atoms with van der Waals surface area (Å²) in [5.41, 5.74) is 3.26. The number of nitrogens with two attached hydrogens (primary N) is 1. The number of aromatic amines is 2. The van der Waals surface area contributed by atoms with Crippen LogP contribution in [0.4, 0.5) is 0 Å². The minimum atomic E-state index is -0.335. The van der Waals surface area contributed by atoms with Crippen LogP contribution in [0.1, 0.15) is 22.9 Å². The van der Waals surface area contributed by atoms with E-state index in [0.717, 1.165) is 24.2 Å². The summed E-state index contributed by atoms with van der Waals surface area (Å²) in [6, 6.07) is 7.85. The summed E-state index contributed by atoms with van der Waals surface area (Å²) in [5.74, 6) is -0.0773. The number of hydrogen-bond donors (Lipinski definition) is 4. The Morgan fingerprint density at radius 2 is 2.13 bits per heavy atom. The molecule has 0 saturated heterocycles. The molecular formula is C16H17N4O2S+. The molecule has 3 heterocycles. The molecule has 118 valence electrons. The Morgan fingerprint density at radius 3 is 2.96 bits per heavy atom. The second-order valence-electron chi connectivity index (χ2n) is 5.87. The van der Waals surface area contributed by atoms with Crippen LogP contribution >= 0.6 is 12.2 Å². The third-order valence-corrected chi connectivity index (χ3v) is 4.97. The molecule has 0 spiro atoms. The van der Waals surface area contributed by atoms with Gasteiger partial charge < -0.3 is 15.4 Å². The lowest BCUT2D eigenvalue weighted by Crippen LogP contribution is -2.87. The van der Waals surface area contributed by atoms with Gasteiger partial charge >= 0.3 is 0 Å². The van der Waals surface area contributed by atoms with E-state index in [2.05, 4.69) is 21.4 Å². The highest BCUT2D eigenvalue weighted by molar-refractivity contribution is 7.71. The number of nitrogens with one attached hydrogen (secondary N) is 2. The van der Waals surface area contributed by atoms with Crippen LogP contribution in [-0.2, 0) is 13.5 Å². The highest BCUT2D eigenvalue weighted by Crippen LogP contribution is 2.31.